The molecule has 2 heteroatoms. The number of alkyl halides is 1. The molecule has 1 nitrogen and oxygen atoms in total. The van der Waals surface area contributed by atoms with Crippen molar-refractivity contribution < 1.29 is 4.39 Å². The van der Waals surface area contributed by atoms with Crippen molar-refractivity contribution in [3.63, 3.8) is 0 Å². The van der Waals surface area contributed by atoms with E-state index in [2.05, 4.69) is 4.90 Å². The molecule has 1 saturated heterocycles. The fraction of sp³-hybridized carbons (Fsp3) is 1.00. The Bertz CT molecular complexity index is 214. The second-order valence-electron chi connectivity index (χ2n) is 7.19. The summed E-state index contributed by atoms with van der Waals surface area (Å²) < 4.78 is 11.9. The number of likely N-dealkylation sites (tertiary alicyclic amines) is 1. The number of unbranched alkanes of at least 4 members (excludes halogenated alkanes) is 12. The highest BCUT2D eigenvalue weighted by Gasteiger charge is 2.08. The summed E-state index contributed by atoms with van der Waals surface area (Å²) in [5.41, 5.74) is 0. The molecule has 0 radical (unpaired) electrons. The molecule has 0 unspecified atom stereocenters. The van der Waals surface area contributed by atoms with Crippen LogP contribution < -0.4 is 0 Å². The first-order chi connectivity index (χ1) is 10.9. The third-order valence-corrected chi connectivity index (χ3v) is 5.06. The molecule has 1 rings (SSSR count). The summed E-state index contributed by atoms with van der Waals surface area (Å²) >= 11 is 0. The van der Waals surface area contributed by atoms with E-state index in [4.69, 9.17) is 0 Å². The Morgan fingerprint density at radius 2 is 0.909 bits per heavy atom. The van der Waals surface area contributed by atoms with Crippen LogP contribution in [0.1, 0.15) is 103 Å². The largest absolute Gasteiger partial charge is 0.303 e. The van der Waals surface area contributed by atoms with E-state index in [1.807, 2.05) is 0 Å². The van der Waals surface area contributed by atoms with Crippen LogP contribution in [0.5, 0.6) is 0 Å². The van der Waals surface area contributed by atoms with Crippen LogP contribution in [0.4, 0.5) is 4.39 Å². The van der Waals surface area contributed by atoms with Crippen LogP contribution in [-0.2, 0) is 0 Å². The van der Waals surface area contributed by atoms with E-state index in [0.717, 1.165) is 12.8 Å². The van der Waals surface area contributed by atoms with E-state index in [9.17, 15) is 4.39 Å². The number of rotatable bonds is 15. The molecular formula is C20H40FN. The van der Waals surface area contributed by atoms with E-state index in [1.165, 1.54) is 110 Å². The van der Waals surface area contributed by atoms with Gasteiger partial charge in [-0.3, -0.25) is 4.39 Å². The second-order valence-corrected chi connectivity index (χ2v) is 7.19. The van der Waals surface area contributed by atoms with Crippen LogP contribution in [0.2, 0.25) is 0 Å². The number of hydrogen-bond acceptors (Lipinski definition) is 1. The van der Waals surface area contributed by atoms with Crippen molar-refractivity contribution in [2.75, 3.05) is 26.3 Å². The van der Waals surface area contributed by atoms with Crippen molar-refractivity contribution in [2.24, 2.45) is 0 Å². The molecule has 0 aromatic heterocycles. The lowest BCUT2D eigenvalue weighted by Gasteiger charge is -2.26. The zero-order chi connectivity index (χ0) is 15.7. The van der Waals surface area contributed by atoms with Gasteiger partial charge in [-0.15, -0.1) is 0 Å². The highest BCUT2D eigenvalue weighted by Crippen LogP contribution is 2.14. The van der Waals surface area contributed by atoms with Crippen LogP contribution in [0.3, 0.4) is 0 Å². The fourth-order valence-corrected chi connectivity index (χ4v) is 3.56. The molecule has 1 heterocycles. The van der Waals surface area contributed by atoms with Crippen LogP contribution >= 0.6 is 0 Å². The van der Waals surface area contributed by atoms with Gasteiger partial charge >= 0.3 is 0 Å². The lowest BCUT2D eigenvalue weighted by Crippen LogP contribution is -2.30. The molecule has 0 aromatic carbocycles. The Balaban J connectivity index is 1.68. The van der Waals surface area contributed by atoms with Crippen molar-refractivity contribution >= 4 is 0 Å². The zero-order valence-electron chi connectivity index (χ0n) is 15.0. The topological polar surface area (TPSA) is 3.24 Å². The normalized spacial score (nSPS) is 16.2. The lowest BCUT2D eigenvalue weighted by atomic mass is 10.0. The van der Waals surface area contributed by atoms with E-state index < -0.39 is 0 Å². The van der Waals surface area contributed by atoms with Gasteiger partial charge in [-0.25, -0.2) is 0 Å². The number of piperidine rings is 1. The molecule has 1 aliphatic heterocycles. The summed E-state index contributed by atoms with van der Waals surface area (Å²) in [5.74, 6) is 0. The summed E-state index contributed by atoms with van der Waals surface area (Å²) in [6.07, 6.45) is 21.5. The van der Waals surface area contributed by atoms with Gasteiger partial charge in [0.15, 0.2) is 0 Å². The molecule has 0 spiro atoms. The molecule has 0 atom stereocenters. The maximum atomic E-state index is 11.9. The molecule has 0 aliphatic carbocycles. The van der Waals surface area contributed by atoms with Gasteiger partial charge in [-0.1, -0.05) is 77.0 Å². The van der Waals surface area contributed by atoms with Gasteiger partial charge in [0.1, 0.15) is 0 Å². The van der Waals surface area contributed by atoms with E-state index in [-0.39, 0.29) is 6.67 Å². The lowest BCUT2D eigenvalue weighted by molar-refractivity contribution is 0.224. The van der Waals surface area contributed by atoms with E-state index in [0.29, 0.717) is 0 Å². The van der Waals surface area contributed by atoms with E-state index in [1.54, 1.807) is 0 Å². The Kier molecular flexibility index (Phi) is 14.3. The van der Waals surface area contributed by atoms with Crippen molar-refractivity contribution in [1.29, 1.82) is 0 Å². The first-order valence-electron chi connectivity index (χ1n) is 10.2. The smallest absolute Gasteiger partial charge is 0.0894 e. The van der Waals surface area contributed by atoms with Crippen molar-refractivity contribution in [3.8, 4) is 0 Å². The Morgan fingerprint density at radius 1 is 0.500 bits per heavy atom. The van der Waals surface area contributed by atoms with Gasteiger partial charge in [-0.05, 0) is 45.3 Å². The molecular weight excluding hydrogens is 273 g/mol. The number of nitrogens with zero attached hydrogens (tertiary/aromatic N) is 1. The average molecular weight is 314 g/mol. The predicted molar refractivity (Wildman–Crippen MR) is 96.3 cm³/mol. The highest BCUT2D eigenvalue weighted by atomic mass is 19.1. The van der Waals surface area contributed by atoms with Gasteiger partial charge in [0, 0.05) is 0 Å². The third-order valence-electron chi connectivity index (χ3n) is 5.06. The van der Waals surface area contributed by atoms with Crippen molar-refractivity contribution in [3.05, 3.63) is 0 Å². The predicted octanol–water partition coefficient (Wildman–Crippen LogP) is 6.51. The molecule has 0 amide bonds. The Morgan fingerprint density at radius 3 is 1.36 bits per heavy atom. The second kappa shape index (κ2) is 15.8. The van der Waals surface area contributed by atoms with Crippen LogP contribution in [0.15, 0.2) is 0 Å². The summed E-state index contributed by atoms with van der Waals surface area (Å²) in [7, 11) is 0. The van der Waals surface area contributed by atoms with Crippen molar-refractivity contribution in [1.82, 2.24) is 4.90 Å². The molecule has 0 bridgehead atoms. The van der Waals surface area contributed by atoms with Gasteiger partial charge < -0.3 is 4.90 Å². The molecule has 22 heavy (non-hydrogen) atoms. The number of halogens is 1. The zero-order valence-corrected chi connectivity index (χ0v) is 15.0. The van der Waals surface area contributed by atoms with Gasteiger partial charge in [0.05, 0.1) is 6.67 Å². The molecule has 1 fully saturated rings. The summed E-state index contributed by atoms with van der Waals surface area (Å²) in [6, 6.07) is 0. The van der Waals surface area contributed by atoms with E-state index >= 15 is 0 Å². The van der Waals surface area contributed by atoms with Crippen molar-refractivity contribution in [2.45, 2.75) is 103 Å². The fourth-order valence-electron chi connectivity index (χ4n) is 3.56. The van der Waals surface area contributed by atoms with Gasteiger partial charge in [-0.2, -0.15) is 0 Å². The number of hydrogen-bond donors (Lipinski definition) is 0. The minimum atomic E-state index is -0.127. The third kappa shape index (κ3) is 12.4. The summed E-state index contributed by atoms with van der Waals surface area (Å²) in [6.45, 7) is 3.93. The minimum Gasteiger partial charge on any atom is -0.303 e. The first kappa shape index (κ1) is 19.9. The molecule has 0 saturated carbocycles. The van der Waals surface area contributed by atoms with Gasteiger partial charge in [0.25, 0.3) is 0 Å². The van der Waals surface area contributed by atoms with Crippen LogP contribution in [0, 0.1) is 0 Å². The minimum absolute atomic E-state index is 0.127. The Hall–Kier alpha value is -0.110. The first-order valence-corrected chi connectivity index (χ1v) is 10.2. The summed E-state index contributed by atoms with van der Waals surface area (Å²) in [4.78, 5) is 2.66. The SMILES string of the molecule is FCCCCCCCCCCCCCCCN1CCCCC1. The monoisotopic (exact) mass is 313 g/mol. The molecule has 1 aliphatic rings. The maximum Gasteiger partial charge on any atom is 0.0894 e. The summed E-state index contributed by atoms with van der Waals surface area (Å²) in [5, 5.41) is 0. The average Bonchev–Trinajstić information content (AvgIpc) is 2.56. The maximum absolute atomic E-state index is 11.9. The Labute approximate surface area is 139 Å². The van der Waals surface area contributed by atoms with Gasteiger partial charge in [0.2, 0.25) is 0 Å². The quantitative estimate of drug-likeness (QED) is 0.311. The molecule has 0 aromatic rings. The standard InChI is InChI=1S/C20H40FN/c21-17-13-10-8-6-4-2-1-3-5-7-9-11-14-18-22-19-15-12-16-20-22/h1-20H2. The molecule has 132 valence electrons. The highest BCUT2D eigenvalue weighted by molar-refractivity contribution is 4.64. The van der Waals surface area contributed by atoms with Crippen LogP contribution in [0.25, 0.3) is 0 Å². The van der Waals surface area contributed by atoms with Crippen LogP contribution in [-0.4, -0.2) is 31.2 Å². The molecule has 0 N–H and O–H groups in total.